The predicted octanol–water partition coefficient (Wildman–Crippen LogP) is 4.44. The molecule has 9 nitrogen and oxygen atoms in total. The SMILES string of the molecule is CCOC(=O)C1CN(c2ccc(N3CCOC3=O)cc2F)C(=O)N([C@@H]2CCc3c2cccc3C(F)(F)F)C1=O. The van der Waals surface area contributed by atoms with E-state index in [1.165, 1.54) is 36.1 Å². The number of cyclic esters (lactones) is 1. The lowest BCUT2D eigenvalue weighted by atomic mass is 9.98. The first-order chi connectivity index (χ1) is 18.5. The highest BCUT2D eigenvalue weighted by molar-refractivity contribution is 6.13. The summed E-state index contributed by atoms with van der Waals surface area (Å²) in [5.41, 5.74) is -0.846. The van der Waals surface area contributed by atoms with Gasteiger partial charge in [-0.1, -0.05) is 12.1 Å². The number of alkyl halides is 3. The summed E-state index contributed by atoms with van der Waals surface area (Å²) < 4.78 is 66.1. The fourth-order valence-corrected chi connectivity index (χ4v) is 5.31. The third-order valence-electron chi connectivity index (χ3n) is 7.06. The Morgan fingerprint density at radius 2 is 1.90 bits per heavy atom. The largest absolute Gasteiger partial charge is 0.465 e. The van der Waals surface area contributed by atoms with Gasteiger partial charge < -0.3 is 9.47 Å². The molecule has 3 aliphatic rings. The zero-order chi connectivity index (χ0) is 28.1. The van der Waals surface area contributed by atoms with Crippen LogP contribution in [0.1, 0.15) is 36.1 Å². The van der Waals surface area contributed by atoms with Crippen molar-refractivity contribution < 1.29 is 46.2 Å². The number of anilines is 2. The Morgan fingerprint density at radius 3 is 2.54 bits per heavy atom. The van der Waals surface area contributed by atoms with Crippen molar-refractivity contribution in [1.29, 1.82) is 0 Å². The maximum Gasteiger partial charge on any atom is 0.416 e. The molecule has 13 heteroatoms. The van der Waals surface area contributed by atoms with Crippen molar-refractivity contribution in [1.82, 2.24) is 4.90 Å². The summed E-state index contributed by atoms with van der Waals surface area (Å²) >= 11 is 0. The van der Waals surface area contributed by atoms with Crippen molar-refractivity contribution >= 4 is 35.4 Å². The van der Waals surface area contributed by atoms with Crippen LogP contribution >= 0.6 is 0 Å². The van der Waals surface area contributed by atoms with Gasteiger partial charge in [0.05, 0.1) is 42.7 Å². The first kappa shape index (κ1) is 26.4. The second-order valence-electron chi connectivity index (χ2n) is 9.23. The molecule has 2 fully saturated rings. The minimum absolute atomic E-state index is 0.00177. The number of ether oxygens (including phenoxy) is 2. The van der Waals surface area contributed by atoms with E-state index in [1.54, 1.807) is 0 Å². The van der Waals surface area contributed by atoms with Crippen molar-refractivity contribution in [3.63, 3.8) is 0 Å². The lowest BCUT2D eigenvalue weighted by molar-refractivity contribution is -0.155. The second-order valence-corrected chi connectivity index (χ2v) is 9.23. The number of nitrogens with zero attached hydrogens (tertiary/aromatic N) is 3. The molecule has 2 atom stereocenters. The summed E-state index contributed by atoms with van der Waals surface area (Å²) in [7, 11) is 0. The molecule has 4 amide bonds. The number of hydrogen-bond donors (Lipinski definition) is 0. The molecule has 5 rings (SSSR count). The molecule has 39 heavy (non-hydrogen) atoms. The molecule has 0 saturated carbocycles. The molecule has 0 bridgehead atoms. The standard InChI is InChI=1S/C26H23F4N3O6/c1-2-38-23(35)17-13-32(21-8-6-14(12-19(21)27)31-10-11-39-25(31)37)24(36)33(22(17)34)20-9-7-15-16(20)4-3-5-18(15)26(28,29)30/h3-6,8,12,17,20H,2,7,9-11,13H2,1H3/t17?,20-/m1/s1. The van der Waals surface area contributed by atoms with Crippen LogP contribution in [0, 0.1) is 11.7 Å². The van der Waals surface area contributed by atoms with Gasteiger partial charge in [0.25, 0.3) is 0 Å². The molecule has 0 N–H and O–H groups in total. The van der Waals surface area contributed by atoms with E-state index in [4.69, 9.17) is 9.47 Å². The van der Waals surface area contributed by atoms with Crippen LogP contribution in [0.15, 0.2) is 36.4 Å². The molecule has 0 spiro atoms. The second kappa shape index (κ2) is 9.86. The van der Waals surface area contributed by atoms with Gasteiger partial charge in [0.1, 0.15) is 12.4 Å². The minimum Gasteiger partial charge on any atom is -0.465 e. The molecule has 2 saturated heterocycles. The van der Waals surface area contributed by atoms with E-state index in [2.05, 4.69) is 0 Å². The Kier molecular flexibility index (Phi) is 6.69. The van der Waals surface area contributed by atoms with E-state index in [1.807, 2.05) is 0 Å². The highest BCUT2D eigenvalue weighted by atomic mass is 19.4. The van der Waals surface area contributed by atoms with Crippen molar-refractivity contribution in [2.24, 2.45) is 5.92 Å². The van der Waals surface area contributed by atoms with Gasteiger partial charge in [-0.15, -0.1) is 0 Å². The highest BCUT2D eigenvalue weighted by Gasteiger charge is 2.50. The van der Waals surface area contributed by atoms with Crippen LogP contribution in [0.25, 0.3) is 0 Å². The number of urea groups is 1. The molecule has 1 unspecified atom stereocenters. The number of rotatable bonds is 5. The number of hydrogen-bond acceptors (Lipinski definition) is 6. The molecule has 1 aliphatic carbocycles. The number of halogens is 4. The highest BCUT2D eigenvalue weighted by Crippen LogP contribution is 2.44. The Balaban J connectivity index is 1.54. The molecule has 2 aromatic carbocycles. The number of fused-ring (bicyclic) bond motifs is 1. The number of esters is 1. The zero-order valence-electron chi connectivity index (χ0n) is 20.7. The van der Waals surface area contributed by atoms with E-state index in [0.717, 1.165) is 21.9 Å². The zero-order valence-corrected chi connectivity index (χ0v) is 20.7. The first-order valence-corrected chi connectivity index (χ1v) is 12.3. The van der Waals surface area contributed by atoms with Crippen molar-refractivity contribution in [2.75, 3.05) is 36.1 Å². The normalized spacial score (nSPS) is 21.4. The van der Waals surface area contributed by atoms with Crippen LogP contribution in [0.5, 0.6) is 0 Å². The summed E-state index contributed by atoms with van der Waals surface area (Å²) in [6.07, 6.45) is -5.34. The number of carbonyl (C=O) groups is 4. The van der Waals surface area contributed by atoms with Crippen molar-refractivity contribution in [2.45, 2.75) is 32.0 Å². The lowest BCUT2D eigenvalue weighted by Crippen LogP contribution is -2.59. The molecule has 0 radical (unpaired) electrons. The van der Waals surface area contributed by atoms with Crippen molar-refractivity contribution in [3.8, 4) is 0 Å². The van der Waals surface area contributed by atoms with Gasteiger partial charge in [0.2, 0.25) is 5.91 Å². The smallest absolute Gasteiger partial charge is 0.416 e. The van der Waals surface area contributed by atoms with E-state index < -0.39 is 60.1 Å². The van der Waals surface area contributed by atoms with Crippen molar-refractivity contribution in [3.05, 3.63) is 58.9 Å². The summed E-state index contributed by atoms with van der Waals surface area (Å²) in [5, 5.41) is 0. The number of carbonyl (C=O) groups excluding carboxylic acids is 4. The lowest BCUT2D eigenvalue weighted by Gasteiger charge is -2.40. The van der Waals surface area contributed by atoms with Crippen LogP contribution < -0.4 is 9.80 Å². The summed E-state index contributed by atoms with van der Waals surface area (Å²) in [4.78, 5) is 54.6. The van der Waals surface area contributed by atoms with E-state index >= 15 is 4.39 Å². The Labute approximate surface area is 219 Å². The van der Waals surface area contributed by atoms with Crippen LogP contribution in [0.2, 0.25) is 0 Å². The number of amides is 4. The van der Waals surface area contributed by atoms with Gasteiger partial charge >= 0.3 is 24.3 Å². The van der Waals surface area contributed by atoms with Crippen LogP contribution in [-0.4, -0.2) is 55.2 Å². The first-order valence-electron chi connectivity index (χ1n) is 12.3. The molecule has 0 aromatic heterocycles. The van der Waals surface area contributed by atoms with Crippen LogP contribution in [0.4, 0.5) is 38.5 Å². The minimum atomic E-state index is -4.64. The number of benzene rings is 2. The average molecular weight is 549 g/mol. The van der Waals surface area contributed by atoms with Gasteiger partial charge in [-0.2, -0.15) is 13.2 Å². The summed E-state index contributed by atoms with van der Waals surface area (Å²) in [6, 6.07) is 5.10. The summed E-state index contributed by atoms with van der Waals surface area (Å²) in [5.74, 6) is -4.31. The van der Waals surface area contributed by atoms with Gasteiger partial charge in [-0.3, -0.25) is 24.3 Å². The third-order valence-corrected chi connectivity index (χ3v) is 7.06. The van der Waals surface area contributed by atoms with Gasteiger partial charge in [0, 0.05) is 0 Å². The van der Waals surface area contributed by atoms with Crippen LogP contribution in [0.3, 0.4) is 0 Å². The molecular weight excluding hydrogens is 526 g/mol. The maximum atomic E-state index is 15.4. The van der Waals surface area contributed by atoms with Crippen LogP contribution in [-0.2, 0) is 31.7 Å². The third kappa shape index (κ3) is 4.55. The molecule has 2 aliphatic heterocycles. The summed E-state index contributed by atoms with van der Waals surface area (Å²) in [6.45, 7) is 1.27. The average Bonchev–Trinajstić information content (AvgIpc) is 3.50. The molecule has 2 heterocycles. The maximum absolute atomic E-state index is 15.4. The quantitative estimate of drug-likeness (QED) is 0.311. The number of imide groups is 1. The van der Waals surface area contributed by atoms with Gasteiger partial charge in [0.15, 0.2) is 5.92 Å². The Morgan fingerprint density at radius 1 is 1.13 bits per heavy atom. The Hall–Kier alpha value is -4.16. The monoisotopic (exact) mass is 549 g/mol. The van der Waals surface area contributed by atoms with E-state index in [9.17, 15) is 32.3 Å². The molecule has 2 aromatic rings. The van der Waals surface area contributed by atoms with E-state index in [0.29, 0.717) is 0 Å². The van der Waals surface area contributed by atoms with Gasteiger partial charge in [-0.25, -0.2) is 14.0 Å². The fourth-order valence-electron chi connectivity index (χ4n) is 5.31. The fraction of sp³-hybridized carbons (Fsp3) is 0.385. The topological polar surface area (TPSA) is 96.5 Å². The Bertz CT molecular complexity index is 1360. The predicted molar refractivity (Wildman–Crippen MR) is 127 cm³/mol. The van der Waals surface area contributed by atoms with Gasteiger partial charge in [-0.05, 0) is 55.2 Å². The molecule has 206 valence electrons. The molecular formula is C26H23F4N3O6. The van der Waals surface area contributed by atoms with E-state index in [-0.39, 0.29) is 55.1 Å².